The lowest BCUT2D eigenvalue weighted by Gasteiger charge is -2.32. The summed E-state index contributed by atoms with van der Waals surface area (Å²) in [5.41, 5.74) is 0. The molecule has 1 aliphatic heterocycles. The molecule has 4 nitrogen and oxygen atoms in total. The van der Waals surface area contributed by atoms with Gasteiger partial charge in [-0.05, 0) is 52.9 Å². The molecular formula is C15H32N2O2. The molecule has 0 radical (unpaired) electrons. The predicted molar refractivity (Wildman–Crippen MR) is 79.3 cm³/mol. The van der Waals surface area contributed by atoms with Gasteiger partial charge in [0.25, 0.3) is 0 Å². The summed E-state index contributed by atoms with van der Waals surface area (Å²) in [7, 11) is 4.08. The SMILES string of the molecule is CN(C)C1CCCCC1O.OCCN1CCCCC1. The Bertz CT molecular complexity index is 215. The second-order valence-corrected chi connectivity index (χ2v) is 6.01. The maximum Gasteiger partial charge on any atom is 0.0695 e. The van der Waals surface area contributed by atoms with Crippen LogP contribution in [0, 0.1) is 0 Å². The van der Waals surface area contributed by atoms with Crippen LogP contribution in [0.3, 0.4) is 0 Å². The number of β-amino-alcohol motifs (C(OH)–C–C–N with tert-alkyl or cyclic N) is 1. The normalized spacial score (nSPS) is 28.9. The molecule has 0 bridgehead atoms. The Morgan fingerprint density at radius 2 is 1.63 bits per heavy atom. The van der Waals surface area contributed by atoms with Gasteiger partial charge in [-0.15, -0.1) is 0 Å². The van der Waals surface area contributed by atoms with Crippen LogP contribution in [0.5, 0.6) is 0 Å². The van der Waals surface area contributed by atoms with Gasteiger partial charge >= 0.3 is 0 Å². The van der Waals surface area contributed by atoms with Crippen LogP contribution in [0.4, 0.5) is 0 Å². The van der Waals surface area contributed by atoms with Crippen molar-refractivity contribution in [2.24, 2.45) is 0 Å². The monoisotopic (exact) mass is 272 g/mol. The Balaban J connectivity index is 0.000000191. The number of nitrogens with zero attached hydrogens (tertiary/aromatic N) is 2. The first-order valence-electron chi connectivity index (χ1n) is 7.83. The molecule has 114 valence electrons. The number of rotatable bonds is 3. The predicted octanol–water partition coefficient (Wildman–Crippen LogP) is 1.32. The zero-order valence-electron chi connectivity index (χ0n) is 12.7. The van der Waals surface area contributed by atoms with Gasteiger partial charge in [-0.25, -0.2) is 0 Å². The van der Waals surface area contributed by atoms with Crippen molar-refractivity contribution in [2.45, 2.75) is 57.1 Å². The molecule has 0 aromatic carbocycles. The van der Waals surface area contributed by atoms with E-state index in [4.69, 9.17) is 5.11 Å². The zero-order chi connectivity index (χ0) is 14.1. The minimum atomic E-state index is -0.0799. The van der Waals surface area contributed by atoms with E-state index >= 15 is 0 Å². The van der Waals surface area contributed by atoms with E-state index < -0.39 is 0 Å². The molecule has 4 heteroatoms. The molecule has 1 heterocycles. The second kappa shape index (κ2) is 9.70. The average molecular weight is 272 g/mol. The molecule has 0 amide bonds. The third-order valence-corrected chi connectivity index (χ3v) is 4.22. The molecule has 1 saturated carbocycles. The maximum absolute atomic E-state index is 9.50. The highest BCUT2D eigenvalue weighted by atomic mass is 16.3. The highest BCUT2D eigenvalue weighted by Crippen LogP contribution is 2.21. The number of likely N-dealkylation sites (tertiary alicyclic amines) is 1. The minimum Gasteiger partial charge on any atom is -0.395 e. The lowest BCUT2D eigenvalue weighted by Crippen LogP contribution is -2.41. The van der Waals surface area contributed by atoms with E-state index in [2.05, 4.69) is 9.80 Å². The van der Waals surface area contributed by atoms with Crippen molar-refractivity contribution < 1.29 is 10.2 Å². The van der Waals surface area contributed by atoms with E-state index in [0.717, 1.165) is 19.4 Å². The second-order valence-electron chi connectivity index (χ2n) is 6.01. The largest absolute Gasteiger partial charge is 0.395 e. The van der Waals surface area contributed by atoms with Gasteiger partial charge < -0.3 is 20.0 Å². The van der Waals surface area contributed by atoms with Gasteiger partial charge in [0.1, 0.15) is 0 Å². The van der Waals surface area contributed by atoms with Crippen LogP contribution in [0.15, 0.2) is 0 Å². The van der Waals surface area contributed by atoms with Crippen molar-refractivity contribution in [1.29, 1.82) is 0 Å². The van der Waals surface area contributed by atoms with Crippen LogP contribution in [-0.2, 0) is 0 Å². The van der Waals surface area contributed by atoms with E-state index in [1.54, 1.807) is 0 Å². The van der Waals surface area contributed by atoms with Crippen LogP contribution >= 0.6 is 0 Å². The number of piperidine rings is 1. The Morgan fingerprint density at radius 3 is 2.11 bits per heavy atom. The third-order valence-electron chi connectivity index (χ3n) is 4.22. The molecule has 1 saturated heterocycles. The van der Waals surface area contributed by atoms with Gasteiger partial charge in [0.15, 0.2) is 0 Å². The van der Waals surface area contributed by atoms with E-state index in [-0.39, 0.29) is 6.10 Å². The lowest BCUT2D eigenvalue weighted by molar-refractivity contribution is 0.0435. The molecule has 0 spiro atoms. The average Bonchev–Trinajstić information content (AvgIpc) is 2.41. The summed E-state index contributed by atoms with van der Waals surface area (Å²) in [5.74, 6) is 0. The quantitative estimate of drug-likeness (QED) is 0.813. The van der Waals surface area contributed by atoms with Gasteiger partial charge in [0, 0.05) is 12.6 Å². The number of likely N-dealkylation sites (N-methyl/N-ethyl adjacent to an activating group) is 1. The fourth-order valence-electron chi connectivity index (χ4n) is 3.02. The third kappa shape index (κ3) is 6.70. The van der Waals surface area contributed by atoms with Gasteiger partial charge in [-0.2, -0.15) is 0 Å². The van der Waals surface area contributed by atoms with E-state index in [1.165, 1.54) is 45.2 Å². The summed E-state index contributed by atoms with van der Waals surface area (Å²) in [6.45, 7) is 3.58. The molecular weight excluding hydrogens is 240 g/mol. The van der Waals surface area contributed by atoms with E-state index in [1.807, 2.05) is 14.1 Å². The van der Waals surface area contributed by atoms with Gasteiger partial charge in [-0.3, -0.25) is 0 Å². The summed E-state index contributed by atoms with van der Waals surface area (Å²) in [6, 6.07) is 0.411. The molecule has 0 aromatic rings. The van der Waals surface area contributed by atoms with E-state index in [9.17, 15) is 5.11 Å². The summed E-state index contributed by atoms with van der Waals surface area (Å²) >= 11 is 0. The molecule has 19 heavy (non-hydrogen) atoms. The van der Waals surface area contributed by atoms with Crippen LogP contribution in [0.1, 0.15) is 44.9 Å². The fourth-order valence-corrected chi connectivity index (χ4v) is 3.02. The van der Waals surface area contributed by atoms with Crippen LogP contribution in [0.2, 0.25) is 0 Å². The van der Waals surface area contributed by atoms with Crippen molar-refractivity contribution in [3.8, 4) is 0 Å². The van der Waals surface area contributed by atoms with Crippen molar-refractivity contribution in [3.05, 3.63) is 0 Å². The first kappa shape index (κ1) is 16.9. The van der Waals surface area contributed by atoms with Crippen molar-refractivity contribution in [1.82, 2.24) is 9.80 Å². The zero-order valence-corrected chi connectivity index (χ0v) is 12.7. The molecule has 2 atom stereocenters. The Labute approximate surface area is 118 Å². The van der Waals surface area contributed by atoms with Gasteiger partial charge in [0.2, 0.25) is 0 Å². The number of aliphatic hydroxyl groups excluding tert-OH is 2. The van der Waals surface area contributed by atoms with Crippen molar-refractivity contribution >= 4 is 0 Å². The smallest absolute Gasteiger partial charge is 0.0695 e. The van der Waals surface area contributed by atoms with Gasteiger partial charge in [0.05, 0.1) is 12.7 Å². The molecule has 2 fully saturated rings. The highest BCUT2D eigenvalue weighted by molar-refractivity contribution is 4.79. The number of aliphatic hydroxyl groups is 2. The number of hydrogen-bond acceptors (Lipinski definition) is 4. The minimum absolute atomic E-state index is 0.0799. The molecule has 2 unspecified atom stereocenters. The number of hydrogen-bond donors (Lipinski definition) is 2. The lowest BCUT2D eigenvalue weighted by atomic mass is 9.92. The van der Waals surface area contributed by atoms with E-state index in [0.29, 0.717) is 12.6 Å². The summed E-state index contributed by atoms with van der Waals surface area (Å²) < 4.78 is 0. The first-order valence-corrected chi connectivity index (χ1v) is 7.83. The fraction of sp³-hybridized carbons (Fsp3) is 1.00. The van der Waals surface area contributed by atoms with Crippen molar-refractivity contribution in [3.63, 3.8) is 0 Å². The standard InChI is InChI=1S/C8H17NO.C7H15NO/c1-9(2)7-5-3-4-6-8(7)10;9-7-6-8-4-2-1-3-5-8/h7-8,10H,3-6H2,1-2H3;9H,1-7H2. The Kier molecular flexibility index (Phi) is 8.62. The summed E-state index contributed by atoms with van der Waals surface area (Å²) in [5, 5.41) is 18.1. The first-order chi connectivity index (χ1) is 9.15. The van der Waals surface area contributed by atoms with Crippen LogP contribution in [0.25, 0.3) is 0 Å². The van der Waals surface area contributed by atoms with Crippen molar-refractivity contribution in [2.75, 3.05) is 40.3 Å². The summed E-state index contributed by atoms with van der Waals surface area (Å²) in [4.78, 5) is 4.45. The van der Waals surface area contributed by atoms with Crippen LogP contribution < -0.4 is 0 Å². The molecule has 2 N–H and O–H groups in total. The van der Waals surface area contributed by atoms with Gasteiger partial charge in [-0.1, -0.05) is 19.3 Å². The Morgan fingerprint density at radius 1 is 1.00 bits per heavy atom. The topological polar surface area (TPSA) is 46.9 Å². The maximum atomic E-state index is 9.50. The molecule has 2 aliphatic rings. The summed E-state index contributed by atoms with van der Waals surface area (Å²) in [6.07, 6.45) is 8.56. The molecule has 1 aliphatic carbocycles. The Hall–Kier alpha value is -0.160. The molecule has 2 rings (SSSR count). The highest BCUT2D eigenvalue weighted by Gasteiger charge is 2.23. The molecule has 0 aromatic heterocycles. The van der Waals surface area contributed by atoms with Crippen LogP contribution in [-0.4, -0.2) is 72.5 Å².